The fourth-order valence-electron chi connectivity index (χ4n) is 2.18. The molecule has 0 amide bonds. The summed E-state index contributed by atoms with van der Waals surface area (Å²) in [7, 11) is 0. The van der Waals surface area contributed by atoms with Crippen molar-refractivity contribution in [3.8, 4) is 10.6 Å². The molecule has 0 aliphatic heterocycles. The minimum Gasteiger partial charge on any atom is -0.360 e. The minimum absolute atomic E-state index is 0.846. The first-order valence-corrected chi connectivity index (χ1v) is 8.61. The van der Waals surface area contributed by atoms with Crippen molar-refractivity contribution in [2.75, 3.05) is 11.9 Å². The van der Waals surface area contributed by atoms with Gasteiger partial charge in [-0.1, -0.05) is 17.4 Å². The molecule has 0 saturated heterocycles. The molecule has 0 aromatic carbocycles. The van der Waals surface area contributed by atoms with Gasteiger partial charge in [-0.2, -0.15) is 0 Å². The number of hydrogen-bond acceptors (Lipinski definition) is 6. The topological polar surface area (TPSA) is 55.1 Å². The number of anilines is 1. The van der Waals surface area contributed by atoms with E-state index in [9.17, 15) is 0 Å². The number of hydrogen-bond donors (Lipinski definition) is 1. The van der Waals surface area contributed by atoms with Gasteiger partial charge in [0.25, 0.3) is 0 Å². The maximum absolute atomic E-state index is 4.62. The molecule has 0 atom stereocenters. The molecule has 7 heteroatoms. The molecule has 110 valence electrons. The lowest BCUT2D eigenvalue weighted by molar-refractivity contribution is 0.947. The van der Waals surface area contributed by atoms with Crippen LogP contribution in [-0.4, -0.2) is 26.1 Å². The van der Waals surface area contributed by atoms with Crippen LogP contribution in [0.1, 0.15) is 5.56 Å². The second kappa shape index (κ2) is 5.86. The molecule has 5 nitrogen and oxygen atoms in total. The quantitative estimate of drug-likeness (QED) is 0.609. The second-order valence-electron chi connectivity index (χ2n) is 4.77. The van der Waals surface area contributed by atoms with Crippen molar-refractivity contribution in [1.29, 1.82) is 0 Å². The lowest BCUT2D eigenvalue weighted by Crippen LogP contribution is -2.04. The first kappa shape index (κ1) is 13.4. The molecule has 1 N–H and O–H groups in total. The standard InChI is InChI=1S/C15H13N5S2/c1-2-13(21-9-1)12-10-20-15(18-12)22-14(19-20)17-8-5-11-3-6-16-7-4-11/h1-4,6-7,9-10H,5,8H2,(H,17,19). The summed E-state index contributed by atoms with van der Waals surface area (Å²) in [5.74, 6) is 0. The van der Waals surface area contributed by atoms with E-state index in [1.54, 1.807) is 22.7 Å². The van der Waals surface area contributed by atoms with Crippen LogP contribution in [0.4, 0.5) is 5.13 Å². The summed E-state index contributed by atoms with van der Waals surface area (Å²) in [6, 6.07) is 8.17. The van der Waals surface area contributed by atoms with Gasteiger partial charge in [-0.15, -0.1) is 16.4 Å². The zero-order valence-corrected chi connectivity index (χ0v) is 13.3. The summed E-state index contributed by atoms with van der Waals surface area (Å²) >= 11 is 3.26. The van der Waals surface area contributed by atoms with Gasteiger partial charge in [-0.3, -0.25) is 4.98 Å². The number of pyridine rings is 1. The molecule has 4 aromatic heterocycles. The van der Waals surface area contributed by atoms with E-state index < -0.39 is 0 Å². The number of thiophene rings is 1. The zero-order chi connectivity index (χ0) is 14.8. The summed E-state index contributed by atoms with van der Waals surface area (Å²) in [6.07, 6.45) is 6.56. The number of nitrogens with one attached hydrogen (secondary N) is 1. The maximum Gasteiger partial charge on any atom is 0.214 e. The van der Waals surface area contributed by atoms with Gasteiger partial charge in [0.2, 0.25) is 10.1 Å². The Kier molecular flexibility index (Phi) is 3.57. The fraction of sp³-hybridized carbons (Fsp3) is 0.133. The van der Waals surface area contributed by atoms with Crippen LogP contribution in [0.25, 0.3) is 15.5 Å². The molecule has 0 bridgehead atoms. The molecule has 0 spiro atoms. The molecular weight excluding hydrogens is 314 g/mol. The normalized spacial score (nSPS) is 11.1. The van der Waals surface area contributed by atoms with Crippen LogP contribution in [0, 0.1) is 0 Å². The minimum atomic E-state index is 0.846. The Balaban J connectivity index is 1.44. The highest BCUT2D eigenvalue weighted by molar-refractivity contribution is 7.20. The average Bonchev–Trinajstić information content (AvgIpc) is 3.23. The van der Waals surface area contributed by atoms with Crippen molar-refractivity contribution in [3.05, 3.63) is 53.8 Å². The molecule has 0 saturated carbocycles. The SMILES string of the molecule is c1csc(-c2cn3nc(NCCc4ccncc4)sc3n2)c1. The Morgan fingerprint density at radius 2 is 2.09 bits per heavy atom. The predicted octanol–water partition coefficient (Wildman–Crippen LogP) is 3.57. The zero-order valence-electron chi connectivity index (χ0n) is 11.6. The van der Waals surface area contributed by atoms with Crippen molar-refractivity contribution < 1.29 is 0 Å². The lowest BCUT2D eigenvalue weighted by atomic mass is 10.2. The molecule has 0 fully saturated rings. The van der Waals surface area contributed by atoms with E-state index in [1.165, 1.54) is 10.4 Å². The number of rotatable bonds is 5. The number of imidazole rings is 1. The third-order valence-electron chi connectivity index (χ3n) is 3.26. The van der Waals surface area contributed by atoms with Crippen molar-refractivity contribution in [1.82, 2.24) is 19.6 Å². The second-order valence-corrected chi connectivity index (χ2v) is 6.67. The van der Waals surface area contributed by atoms with Gasteiger partial charge in [0.1, 0.15) is 5.69 Å². The Morgan fingerprint density at radius 3 is 2.86 bits per heavy atom. The van der Waals surface area contributed by atoms with E-state index in [0.29, 0.717) is 0 Å². The number of nitrogens with zero attached hydrogens (tertiary/aromatic N) is 4. The van der Waals surface area contributed by atoms with E-state index in [2.05, 4.69) is 31.8 Å². The van der Waals surface area contributed by atoms with Crippen LogP contribution in [-0.2, 0) is 6.42 Å². The highest BCUT2D eigenvalue weighted by Gasteiger charge is 2.09. The van der Waals surface area contributed by atoms with Crippen LogP contribution in [0.5, 0.6) is 0 Å². The van der Waals surface area contributed by atoms with Crippen molar-refractivity contribution in [2.45, 2.75) is 6.42 Å². The van der Waals surface area contributed by atoms with Gasteiger partial charge in [0.05, 0.1) is 11.1 Å². The lowest BCUT2D eigenvalue weighted by Gasteiger charge is -2.01. The van der Waals surface area contributed by atoms with Crippen LogP contribution in [0.2, 0.25) is 0 Å². The van der Waals surface area contributed by atoms with E-state index >= 15 is 0 Å². The van der Waals surface area contributed by atoms with Crippen molar-refractivity contribution >= 4 is 32.8 Å². The van der Waals surface area contributed by atoms with Crippen LogP contribution in [0.15, 0.2) is 48.2 Å². The molecule has 4 aromatic rings. The van der Waals surface area contributed by atoms with Gasteiger partial charge in [0, 0.05) is 18.9 Å². The van der Waals surface area contributed by atoms with E-state index in [0.717, 1.165) is 28.8 Å². The van der Waals surface area contributed by atoms with E-state index in [-0.39, 0.29) is 0 Å². The monoisotopic (exact) mass is 327 g/mol. The average molecular weight is 327 g/mol. The van der Waals surface area contributed by atoms with Gasteiger partial charge >= 0.3 is 0 Å². The van der Waals surface area contributed by atoms with Gasteiger partial charge in [-0.05, 0) is 35.6 Å². The Morgan fingerprint density at radius 1 is 1.18 bits per heavy atom. The third-order valence-corrected chi connectivity index (χ3v) is 5.03. The summed E-state index contributed by atoms with van der Waals surface area (Å²) in [5, 5.41) is 10.8. The van der Waals surface area contributed by atoms with Crippen LogP contribution < -0.4 is 5.32 Å². The molecule has 0 aliphatic rings. The highest BCUT2D eigenvalue weighted by Crippen LogP contribution is 2.27. The fourth-order valence-corrected chi connectivity index (χ4v) is 3.66. The Bertz CT molecular complexity index is 833. The number of aromatic nitrogens is 4. The van der Waals surface area contributed by atoms with E-state index in [4.69, 9.17) is 0 Å². The summed E-state index contributed by atoms with van der Waals surface area (Å²) in [4.78, 5) is 10.7. The predicted molar refractivity (Wildman–Crippen MR) is 90.6 cm³/mol. The molecular formula is C15H13N5S2. The molecule has 22 heavy (non-hydrogen) atoms. The van der Waals surface area contributed by atoms with Crippen LogP contribution >= 0.6 is 22.7 Å². The van der Waals surface area contributed by atoms with Gasteiger partial charge < -0.3 is 5.32 Å². The van der Waals surface area contributed by atoms with Gasteiger partial charge in [0.15, 0.2) is 0 Å². The summed E-state index contributed by atoms with van der Waals surface area (Å²) in [5.41, 5.74) is 2.25. The summed E-state index contributed by atoms with van der Waals surface area (Å²) < 4.78 is 1.84. The molecule has 0 unspecified atom stereocenters. The Hall–Kier alpha value is -2.25. The molecule has 4 heterocycles. The highest BCUT2D eigenvalue weighted by atomic mass is 32.1. The summed E-state index contributed by atoms with van der Waals surface area (Å²) in [6.45, 7) is 0.846. The molecule has 0 aliphatic carbocycles. The first-order valence-electron chi connectivity index (χ1n) is 6.91. The third kappa shape index (κ3) is 2.72. The number of fused-ring (bicyclic) bond motifs is 1. The van der Waals surface area contributed by atoms with Crippen molar-refractivity contribution in [3.63, 3.8) is 0 Å². The Labute approximate surface area is 135 Å². The molecule has 0 radical (unpaired) electrons. The largest absolute Gasteiger partial charge is 0.360 e. The molecule has 4 rings (SSSR count). The van der Waals surface area contributed by atoms with Crippen molar-refractivity contribution in [2.24, 2.45) is 0 Å². The smallest absolute Gasteiger partial charge is 0.214 e. The van der Waals surface area contributed by atoms with Gasteiger partial charge in [-0.25, -0.2) is 9.50 Å². The van der Waals surface area contributed by atoms with Crippen LogP contribution in [0.3, 0.4) is 0 Å². The van der Waals surface area contributed by atoms with E-state index in [1.807, 2.05) is 41.3 Å². The first-order chi connectivity index (χ1) is 10.9. The maximum atomic E-state index is 4.62.